The fourth-order valence-electron chi connectivity index (χ4n) is 3.77. The molecule has 162 valence electrons. The second-order valence-corrected chi connectivity index (χ2v) is 9.67. The SMILES string of the molecule is COc1ccc(C(=O)NC2CCN(C(C)C)CC2)cc1S(=O)(=O)N1CCOCC1. The van der Waals surface area contributed by atoms with Crippen LogP contribution in [-0.4, -0.2) is 82.1 Å². The van der Waals surface area contributed by atoms with Crippen LogP contribution in [0, 0.1) is 0 Å². The van der Waals surface area contributed by atoms with Gasteiger partial charge >= 0.3 is 0 Å². The number of methoxy groups -OCH3 is 1. The first kappa shape index (κ1) is 22.0. The Bertz CT molecular complexity index is 813. The first-order valence-corrected chi connectivity index (χ1v) is 11.6. The van der Waals surface area contributed by atoms with Crippen LogP contribution in [0.2, 0.25) is 0 Å². The minimum Gasteiger partial charge on any atom is -0.495 e. The highest BCUT2D eigenvalue weighted by Crippen LogP contribution is 2.28. The molecule has 2 aliphatic rings. The van der Waals surface area contributed by atoms with E-state index in [4.69, 9.17) is 9.47 Å². The van der Waals surface area contributed by atoms with Crippen LogP contribution >= 0.6 is 0 Å². The van der Waals surface area contributed by atoms with E-state index in [1.165, 1.54) is 17.5 Å². The molecule has 1 amide bonds. The van der Waals surface area contributed by atoms with Gasteiger partial charge in [0.05, 0.1) is 20.3 Å². The molecule has 1 N–H and O–H groups in total. The molecular weight excluding hydrogens is 394 g/mol. The Morgan fingerprint density at radius 1 is 1.17 bits per heavy atom. The van der Waals surface area contributed by atoms with E-state index >= 15 is 0 Å². The maximum atomic E-state index is 13.1. The summed E-state index contributed by atoms with van der Waals surface area (Å²) in [5, 5.41) is 3.06. The predicted octanol–water partition coefficient (Wildman–Crippen LogP) is 1.32. The summed E-state index contributed by atoms with van der Waals surface area (Å²) < 4.78 is 38.1. The second kappa shape index (κ2) is 9.42. The molecule has 2 fully saturated rings. The maximum Gasteiger partial charge on any atom is 0.251 e. The normalized spacial score (nSPS) is 20.0. The number of nitrogens with one attached hydrogen (secondary N) is 1. The van der Waals surface area contributed by atoms with Crippen molar-refractivity contribution in [3.05, 3.63) is 23.8 Å². The topological polar surface area (TPSA) is 88.2 Å². The molecule has 2 aliphatic heterocycles. The van der Waals surface area contributed by atoms with E-state index in [0.717, 1.165) is 25.9 Å². The molecule has 1 aromatic rings. The Morgan fingerprint density at radius 3 is 2.41 bits per heavy atom. The van der Waals surface area contributed by atoms with Crippen LogP contribution in [0.3, 0.4) is 0 Å². The van der Waals surface area contributed by atoms with Gasteiger partial charge in [-0.25, -0.2) is 8.42 Å². The average Bonchev–Trinajstić information content (AvgIpc) is 2.74. The number of likely N-dealkylation sites (tertiary alicyclic amines) is 1. The van der Waals surface area contributed by atoms with Gasteiger partial charge in [-0.15, -0.1) is 0 Å². The standard InChI is InChI=1S/C20H31N3O5S/c1-15(2)22-8-6-17(7-9-22)21-20(24)16-4-5-18(27-3)19(14-16)29(25,26)23-10-12-28-13-11-23/h4-5,14-15,17H,6-13H2,1-3H3,(H,21,24). The molecule has 0 aromatic heterocycles. The van der Waals surface area contributed by atoms with Crippen molar-refractivity contribution in [3.63, 3.8) is 0 Å². The van der Waals surface area contributed by atoms with Crippen LogP contribution < -0.4 is 10.1 Å². The summed E-state index contributed by atoms with van der Waals surface area (Å²) in [6, 6.07) is 5.17. The van der Waals surface area contributed by atoms with Crippen molar-refractivity contribution in [2.24, 2.45) is 0 Å². The zero-order valence-corrected chi connectivity index (χ0v) is 18.2. The molecule has 0 unspecified atom stereocenters. The van der Waals surface area contributed by atoms with Gasteiger partial charge < -0.3 is 19.7 Å². The van der Waals surface area contributed by atoms with E-state index in [1.54, 1.807) is 12.1 Å². The zero-order valence-electron chi connectivity index (χ0n) is 17.4. The largest absolute Gasteiger partial charge is 0.495 e. The van der Waals surface area contributed by atoms with Gasteiger partial charge in [-0.3, -0.25) is 4.79 Å². The van der Waals surface area contributed by atoms with Crippen LogP contribution in [0.4, 0.5) is 0 Å². The number of piperidine rings is 1. The molecule has 0 atom stereocenters. The Kier molecular flexibility index (Phi) is 7.15. The van der Waals surface area contributed by atoms with E-state index in [1.807, 2.05) is 0 Å². The zero-order chi connectivity index (χ0) is 21.0. The Labute approximate surface area is 173 Å². The molecule has 0 saturated carbocycles. The number of ether oxygens (including phenoxy) is 2. The lowest BCUT2D eigenvalue weighted by Crippen LogP contribution is -2.46. The number of amides is 1. The van der Waals surface area contributed by atoms with Crippen LogP contribution in [0.15, 0.2) is 23.1 Å². The summed E-state index contributed by atoms with van der Waals surface area (Å²) >= 11 is 0. The fraction of sp³-hybridized carbons (Fsp3) is 0.650. The highest BCUT2D eigenvalue weighted by atomic mass is 32.2. The summed E-state index contributed by atoms with van der Waals surface area (Å²) in [5.74, 6) is -0.0210. The molecule has 0 spiro atoms. The molecule has 8 nitrogen and oxygen atoms in total. The van der Waals surface area contributed by atoms with Gasteiger partial charge in [0.2, 0.25) is 10.0 Å². The van der Waals surface area contributed by atoms with Crippen molar-refractivity contribution in [1.82, 2.24) is 14.5 Å². The third-order valence-electron chi connectivity index (χ3n) is 5.61. The number of hydrogen-bond acceptors (Lipinski definition) is 6. The summed E-state index contributed by atoms with van der Waals surface area (Å²) in [4.78, 5) is 15.2. The quantitative estimate of drug-likeness (QED) is 0.740. The molecule has 29 heavy (non-hydrogen) atoms. The van der Waals surface area contributed by atoms with Crippen molar-refractivity contribution >= 4 is 15.9 Å². The first-order chi connectivity index (χ1) is 13.8. The Balaban J connectivity index is 1.75. The van der Waals surface area contributed by atoms with Gasteiger partial charge in [0, 0.05) is 43.8 Å². The van der Waals surface area contributed by atoms with Crippen LogP contribution in [0.5, 0.6) is 5.75 Å². The molecule has 0 aliphatic carbocycles. The van der Waals surface area contributed by atoms with Gasteiger partial charge in [-0.2, -0.15) is 4.31 Å². The average molecular weight is 426 g/mol. The van der Waals surface area contributed by atoms with Gasteiger partial charge in [0.1, 0.15) is 10.6 Å². The van der Waals surface area contributed by atoms with Crippen molar-refractivity contribution in [2.45, 2.75) is 43.7 Å². The minimum atomic E-state index is -3.77. The number of hydrogen-bond donors (Lipinski definition) is 1. The summed E-state index contributed by atoms with van der Waals surface area (Å²) in [6.07, 6.45) is 1.78. The number of benzene rings is 1. The van der Waals surface area contributed by atoms with Crippen molar-refractivity contribution in [3.8, 4) is 5.75 Å². The van der Waals surface area contributed by atoms with Gasteiger partial charge in [-0.1, -0.05) is 0 Å². The summed E-state index contributed by atoms with van der Waals surface area (Å²) in [6.45, 7) is 7.53. The van der Waals surface area contributed by atoms with Gasteiger partial charge in [0.25, 0.3) is 5.91 Å². The van der Waals surface area contributed by atoms with E-state index in [0.29, 0.717) is 24.8 Å². The van der Waals surface area contributed by atoms with Gasteiger partial charge in [-0.05, 0) is 44.9 Å². The minimum absolute atomic E-state index is 0.0178. The van der Waals surface area contributed by atoms with Crippen molar-refractivity contribution < 1.29 is 22.7 Å². The van der Waals surface area contributed by atoms with Gasteiger partial charge in [0.15, 0.2) is 0 Å². The maximum absolute atomic E-state index is 13.1. The highest BCUT2D eigenvalue weighted by molar-refractivity contribution is 7.89. The molecular formula is C20H31N3O5S. The molecule has 9 heteroatoms. The highest BCUT2D eigenvalue weighted by Gasteiger charge is 2.30. The van der Waals surface area contributed by atoms with Crippen molar-refractivity contribution in [2.75, 3.05) is 46.5 Å². The summed E-state index contributed by atoms with van der Waals surface area (Å²) in [5.41, 5.74) is 0.323. The van der Waals surface area contributed by atoms with E-state index in [-0.39, 0.29) is 35.7 Å². The second-order valence-electron chi connectivity index (χ2n) is 7.76. The molecule has 0 bridgehead atoms. The smallest absolute Gasteiger partial charge is 0.251 e. The van der Waals surface area contributed by atoms with Crippen molar-refractivity contribution in [1.29, 1.82) is 0 Å². The number of carbonyl (C=O) groups is 1. The van der Waals surface area contributed by atoms with Crippen LogP contribution in [0.25, 0.3) is 0 Å². The lowest BCUT2D eigenvalue weighted by Gasteiger charge is -2.34. The van der Waals surface area contributed by atoms with E-state index in [2.05, 4.69) is 24.1 Å². The molecule has 2 heterocycles. The van der Waals surface area contributed by atoms with Crippen LogP contribution in [-0.2, 0) is 14.8 Å². The number of sulfonamides is 1. The molecule has 0 radical (unpaired) electrons. The lowest BCUT2D eigenvalue weighted by molar-refractivity contribution is 0.0729. The number of carbonyl (C=O) groups excluding carboxylic acids is 1. The Morgan fingerprint density at radius 2 is 1.83 bits per heavy atom. The fourth-order valence-corrected chi connectivity index (χ4v) is 5.36. The monoisotopic (exact) mass is 425 g/mol. The Hall–Kier alpha value is -1.68. The molecule has 3 rings (SSSR count). The number of morpholine rings is 1. The van der Waals surface area contributed by atoms with E-state index < -0.39 is 10.0 Å². The number of rotatable bonds is 6. The lowest BCUT2D eigenvalue weighted by atomic mass is 10.0. The first-order valence-electron chi connectivity index (χ1n) is 10.1. The third kappa shape index (κ3) is 5.09. The molecule has 1 aromatic carbocycles. The molecule has 2 saturated heterocycles. The number of nitrogens with zero attached hydrogens (tertiary/aromatic N) is 2. The third-order valence-corrected chi connectivity index (χ3v) is 7.53. The summed E-state index contributed by atoms with van der Waals surface area (Å²) in [7, 11) is -2.34. The predicted molar refractivity (Wildman–Crippen MR) is 110 cm³/mol. The van der Waals surface area contributed by atoms with Crippen LogP contribution in [0.1, 0.15) is 37.0 Å². The van der Waals surface area contributed by atoms with E-state index in [9.17, 15) is 13.2 Å².